The van der Waals surface area contributed by atoms with Gasteiger partial charge < -0.3 is 10.8 Å². The third-order valence-electron chi connectivity index (χ3n) is 1.30. The normalized spacial score (nSPS) is 12.5. The molecule has 0 spiro atoms. The van der Waals surface area contributed by atoms with Crippen molar-refractivity contribution in [1.29, 1.82) is 5.26 Å². The molecular formula is C7H8N2OS. The maximum atomic E-state index is 9.21. The monoisotopic (exact) mass is 168 g/mol. The highest BCUT2D eigenvalue weighted by molar-refractivity contribution is 7.10. The van der Waals surface area contributed by atoms with Gasteiger partial charge in [0, 0.05) is 16.8 Å². The summed E-state index contributed by atoms with van der Waals surface area (Å²) in [6.07, 6.45) is -0.623. The van der Waals surface area contributed by atoms with E-state index in [9.17, 15) is 5.11 Å². The van der Waals surface area contributed by atoms with E-state index in [1.807, 2.05) is 6.07 Å². The molecular weight excluding hydrogens is 160 g/mol. The van der Waals surface area contributed by atoms with Crippen LogP contribution in [0.5, 0.6) is 0 Å². The quantitative estimate of drug-likeness (QED) is 0.679. The fourth-order valence-corrected chi connectivity index (χ4v) is 1.53. The molecule has 1 rings (SSSR count). The van der Waals surface area contributed by atoms with Crippen LogP contribution in [0, 0.1) is 11.3 Å². The first-order valence-electron chi connectivity index (χ1n) is 3.14. The highest BCUT2D eigenvalue weighted by Gasteiger charge is 2.07. The Hall–Kier alpha value is -0.890. The van der Waals surface area contributed by atoms with Crippen LogP contribution in [0.25, 0.3) is 0 Å². The molecule has 1 heterocycles. The van der Waals surface area contributed by atoms with Gasteiger partial charge in [-0.05, 0) is 6.07 Å². The molecule has 0 amide bonds. The molecule has 0 fully saturated rings. The number of nitrogens with zero attached hydrogens (tertiary/aromatic N) is 1. The molecule has 0 aliphatic heterocycles. The highest BCUT2D eigenvalue weighted by Crippen LogP contribution is 2.20. The maximum Gasteiger partial charge on any atom is 0.100 e. The molecule has 11 heavy (non-hydrogen) atoms. The van der Waals surface area contributed by atoms with E-state index in [2.05, 4.69) is 0 Å². The minimum absolute atomic E-state index is 0.200. The van der Waals surface area contributed by atoms with Gasteiger partial charge in [-0.25, -0.2) is 0 Å². The van der Waals surface area contributed by atoms with E-state index in [0.29, 0.717) is 5.56 Å². The lowest BCUT2D eigenvalue weighted by molar-refractivity contribution is 0.190. The zero-order valence-corrected chi connectivity index (χ0v) is 6.64. The Bertz CT molecular complexity index is 276. The fraction of sp³-hybridized carbons (Fsp3) is 0.286. The van der Waals surface area contributed by atoms with Crippen molar-refractivity contribution >= 4 is 11.3 Å². The van der Waals surface area contributed by atoms with E-state index in [4.69, 9.17) is 11.0 Å². The first-order chi connectivity index (χ1) is 5.27. The summed E-state index contributed by atoms with van der Waals surface area (Å²) in [6, 6.07) is 3.64. The van der Waals surface area contributed by atoms with E-state index >= 15 is 0 Å². The first-order valence-corrected chi connectivity index (χ1v) is 4.02. The number of aliphatic hydroxyl groups excluding tert-OH is 1. The Morgan fingerprint density at radius 2 is 2.55 bits per heavy atom. The second-order valence-corrected chi connectivity index (χ2v) is 3.04. The molecule has 0 saturated heterocycles. The van der Waals surface area contributed by atoms with Gasteiger partial charge in [0.15, 0.2) is 0 Å². The molecule has 4 heteroatoms. The summed E-state index contributed by atoms with van der Waals surface area (Å²) in [4.78, 5) is 0.754. The van der Waals surface area contributed by atoms with Gasteiger partial charge in [0.2, 0.25) is 0 Å². The molecule has 1 aromatic rings. The smallest absolute Gasteiger partial charge is 0.100 e. The number of rotatable bonds is 2. The average Bonchev–Trinajstić information content (AvgIpc) is 2.50. The van der Waals surface area contributed by atoms with Gasteiger partial charge in [-0.2, -0.15) is 5.26 Å². The zero-order valence-electron chi connectivity index (χ0n) is 5.82. The van der Waals surface area contributed by atoms with Gasteiger partial charge in [-0.1, -0.05) is 0 Å². The Labute approximate surface area is 68.7 Å². The number of thiophene rings is 1. The van der Waals surface area contributed by atoms with Crippen molar-refractivity contribution in [2.24, 2.45) is 5.73 Å². The largest absolute Gasteiger partial charge is 0.386 e. The summed E-state index contributed by atoms with van der Waals surface area (Å²) in [5.74, 6) is 0. The number of hydrogen-bond donors (Lipinski definition) is 2. The summed E-state index contributed by atoms with van der Waals surface area (Å²) in [5, 5.41) is 19.4. The van der Waals surface area contributed by atoms with Crippen molar-refractivity contribution in [3.63, 3.8) is 0 Å². The summed E-state index contributed by atoms with van der Waals surface area (Å²) in [7, 11) is 0. The minimum atomic E-state index is -0.623. The van der Waals surface area contributed by atoms with Gasteiger partial charge in [-0.15, -0.1) is 11.3 Å². The lowest BCUT2D eigenvalue weighted by Crippen LogP contribution is -2.09. The van der Waals surface area contributed by atoms with E-state index in [1.165, 1.54) is 11.3 Å². The molecule has 0 radical (unpaired) electrons. The topological polar surface area (TPSA) is 70.0 Å². The van der Waals surface area contributed by atoms with Crippen LogP contribution in [0.2, 0.25) is 0 Å². The van der Waals surface area contributed by atoms with Crippen LogP contribution in [-0.2, 0) is 0 Å². The van der Waals surface area contributed by atoms with Gasteiger partial charge >= 0.3 is 0 Å². The van der Waals surface area contributed by atoms with E-state index in [0.717, 1.165) is 4.88 Å². The van der Waals surface area contributed by atoms with Crippen molar-refractivity contribution in [3.05, 3.63) is 21.9 Å². The lowest BCUT2D eigenvalue weighted by Gasteiger charge is -2.01. The van der Waals surface area contributed by atoms with Crippen LogP contribution >= 0.6 is 11.3 Å². The van der Waals surface area contributed by atoms with Crippen molar-refractivity contribution in [1.82, 2.24) is 0 Å². The molecule has 3 nitrogen and oxygen atoms in total. The molecule has 1 aromatic heterocycles. The summed E-state index contributed by atoms with van der Waals surface area (Å²) in [6.45, 7) is 0.200. The fourth-order valence-electron chi connectivity index (χ4n) is 0.702. The lowest BCUT2D eigenvalue weighted by atomic mass is 10.2. The molecule has 0 aromatic carbocycles. The Kier molecular flexibility index (Phi) is 2.60. The standard InChI is InChI=1S/C7H8N2OS/c8-2-5-1-7(11-4-5)6(10)3-9/h1,4,6,10H,3,9H2/t6-/m0/s1. The summed E-state index contributed by atoms with van der Waals surface area (Å²) in [5.41, 5.74) is 5.81. The Balaban J connectivity index is 2.82. The average molecular weight is 168 g/mol. The zero-order chi connectivity index (χ0) is 8.27. The third kappa shape index (κ3) is 1.77. The molecule has 0 bridgehead atoms. The molecule has 0 aliphatic carbocycles. The number of aliphatic hydroxyl groups is 1. The Morgan fingerprint density at radius 1 is 1.82 bits per heavy atom. The second-order valence-electron chi connectivity index (χ2n) is 2.10. The van der Waals surface area contributed by atoms with Crippen LogP contribution in [0.4, 0.5) is 0 Å². The minimum Gasteiger partial charge on any atom is -0.386 e. The highest BCUT2D eigenvalue weighted by atomic mass is 32.1. The maximum absolute atomic E-state index is 9.21. The number of nitriles is 1. The van der Waals surface area contributed by atoms with Gasteiger partial charge in [0.05, 0.1) is 5.56 Å². The number of nitrogens with two attached hydrogens (primary N) is 1. The molecule has 58 valence electrons. The molecule has 0 saturated carbocycles. The van der Waals surface area contributed by atoms with Crippen molar-refractivity contribution in [2.75, 3.05) is 6.54 Å². The van der Waals surface area contributed by atoms with Gasteiger partial charge in [0.25, 0.3) is 0 Å². The predicted octanol–water partition coefficient (Wildman–Crippen LogP) is 0.612. The van der Waals surface area contributed by atoms with Crippen LogP contribution < -0.4 is 5.73 Å². The van der Waals surface area contributed by atoms with E-state index in [-0.39, 0.29) is 6.54 Å². The van der Waals surface area contributed by atoms with Crippen LogP contribution in [0.1, 0.15) is 16.5 Å². The van der Waals surface area contributed by atoms with Crippen molar-refractivity contribution < 1.29 is 5.11 Å². The van der Waals surface area contributed by atoms with Crippen molar-refractivity contribution in [2.45, 2.75) is 6.10 Å². The predicted molar refractivity (Wildman–Crippen MR) is 43.0 cm³/mol. The third-order valence-corrected chi connectivity index (χ3v) is 2.33. The SMILES string of the molecule is N#Cc1csc([C@@H](O)CN)c1. The summed E-state index contributed by atoms with van der Waals surface area (Å²) >= 11 is 1.35. The molecule has 1 atom stereocenters. The van der Waals surface area contributed by atoms with Crippen LogP contribution in [-0.4, -0.2) is 11.7 Å². The summed E-state index contributed by atoms with van der Waals surface area (Å²) < 4.78 is 0. The van der Waals surface area contributed by atoms with E-state index < -0.39 is 6.10 Å². The molecule has 0 unspecified atom stereocenters. The first kappa shape index (κ1) is 8.21. The number of hydrogen-bond acceptors (Lipinski definition) is 4. The second kappa shape index (κ2) is 3.49. The van der Waals surface area contributed by atoms with Gasteiger partial charge in [-0.3, -0.25) is 0 Å². The molecule has 0 aliphatic rings. The van der Waals surface area contributed by atoms with Crippen LogP contribution in [0.15, 0.2) is 11.4 Å². The Morgan fingerprint density at radius 3 is 3.00 bits per heavy atom. The van der Waals surface area contributed by atoms with Crippen molar-refractivity contribution in [3.8, 4) is 6.07 Å². The van der Waals surface area contributed by atoms with E-state index in [1.54, 1.807) is 11.4 Å². The van der Waals surface area contributed by atoms with Crippen LogP contribution in [0.3, 0.4) is 0 Å². The molecule has 3 N–H and O–H groups in total. The van der Waals surface area contributed by atoms with Gasteiger partial charge in [0.1, 0.15) is 12.2 Å².